The maximum absolute atomic E-state index is 14.0. The number of hydrogen-bond donors (Lipinski definition) is 1. The quantitative estimate of drug-likeness (QED) is 0.792. The van der Waals surface area contributed by atoms with E-state index in [9.17, 15) is 4.39 Å². The molecule has 3 aromatic rings. The van der Waals surface area contributed by atoms with Crippen molar-refractivity contribution in [1.29, 1.82) is 0 Å². The van der Waals surface area contributed by atoms with Crippen molar-refractivity contribution in [3.8, 4) is 5.75 Å². The molecule has 2 aromatic heterocycles. The molecule has 0 aliphatic carbocycles. The monoisotopic (exact) mass is 341 g/mol. The maximum Gasteiger partial charge on any atom is 0.124 e. The van der Waals surface area contributed by atoms with Crippen molar-refractivity contribution in [2.24, 2.45) is 7.05 Å². The Morgan fingerprint density at radius 3 is 3.00 bits per heavy atom. The van der Waals surface area contributed by atoms with Gasteiger partial charge in [0.05, 0.1) is 31.7 Å². The van der Waals surface area contributed by atoms with Crippen LogP contribution in [0.25, 0.3) is 0 Å². The molecule has 0 spiro atoms. The smallest absolute Gasteiger partial charge is 0.124 e. The summed E-state index contributed by atoms with van der Waals surface area (Å²) >= 11 is 0. The Kier molecular flexibility index (Phi) is 4.01. The summed E-state index contributed by atoms with van der Waals surface area (Å²) in [5, 5.41) is 0. The third kappa shape index (κ3) is 2.80. The number of halogens is 1. The SMILES string of the molecule is COc1ccc(F)cc1[C@@H]1c2nc[nH]c2CCN1Cc1nccn1C. The first-order valence-corrected chi connectivity index (χ1v) is 8.23. The van der Waals surface area contributed by atoms with E-state index in [4.69, 9.17) is 4.74 Å². The molecule has 4 rings (SSSR count). The third-order valence-electron chi connectivity index (χ3n) is 4.78. The van der Waals surface area contributed by atoms with Gasteiger partial charge in [0.15, 0.2) is 0 Å². The summed E-state index contributed by atoms with van der Waals surface area (Å²) in [6, 6.07) is 4.44. The average molecular weight is 341 g/mol. The van der Waals surface area contributed by atoms with E-state index in [-0.39, 0.29) is 11.9 Å². The minimum absolute atomic E-state index is 0.183. The van der Waals surface area contributed by atoms with Gasteiger partial charge in [0.2, 0.25) is 0 Å². The van der Waals surface area contributed by atoms with Crippen LogP contribution in [0.5, 0.6) is 5.75 Å². The second-order valence-corrected chi connectivity index (χ2v) is 6.23. The lowest BCUT2D eigenvalue weighted by atomic mass is 9.94. The molecular weight excluding hydrogens is 321 g/mol. The molecule has 1 aliphatic heterocycles. The molecule has 1 aliphatic rings. The Morgan fingerprint density at radius 1 is 1.36 bits per heavy atom. The summed E-state index contributed by atoms with van der Waals surface area (Å²) in [6.45, 7) is 1.48. The van der Waals surface area contributed by atoms with E-state index in [1.54, 1.807) is 31.8 Å². The summed E-state index contributed by atoms with van der Waals surface area (Å²) in [4.78, 5) is 14.4. The molecule has 1 atom stereocenters. The number of nitrogens with zero attached hydrogens (tertiary/aromatic N) is 4. The van der Waals surface area contributed by atoms with E-state index in [2.05, 4.69) is 19.9 Å². The fraction of sp³-hybridized carbons (Fsp3) is 0.333. The second-order valence-electron chi connectivity index (χ2n) is 6.23. The van der Waals surface area contributed by atoms with Crippen LogP contribution in [0, 0.1) is 5.82 Å². The van der Waals surface area contributed by atoms with E-state index in [0.29, 0.717) is 12.3 Å². The van der Waals surface area contributed by atoms with Crippen LogP contribution in [-0.4, -0.2) is 38.1 Å². The second kappa shape index (κ2) is 6.33. The predicted molar refractivity (Wildman–Crippen MR) is 90.7 cm³/mol. The number of rotatable bonds is 4. The van der Waals surface area contributed by atoms with Crippen molar-refractivity contribution < 1.29 is 9.13 Å². The fourth-order valence-electron chi connectivity index (χ4n) is 3.49. The zero-order valence-electron chi connectivity index (χ0n) is 14.2. The van der Waals surface area contributed by atoms with Crippen LogP contribution in [0.15, 0.2) is 36.9 Å². The van der Waals surface area contributed by atoms with Crippen LogP contribution in [-0.2, 0) is 20.0 Å². The number of aryl methyl sites for hydroxylation is 1. The lowest BCUT2D eigenvalue weighted by molar-refractivity contribution is 0.190. The maximum atomic E-state index is 14.0. The van der Waals surface area contributed by atoms with E-state index < -0.39 is 0 Å². The fourth-order valence-corrected chi connectivity index (χ4v) is 3.49. The van der Waals surface area contributed by atoms with Gasteiger partial charge < -0.3 is 14.3 Å². The zero-order valence-corrected chi connectivity index (χ0v) is 14.2. The normalized spacial score (nSPS) is 17.5. The van der Waals surface area contributed by atoms with Gasteiger partial charge in [0.25, 0.3) is 0 Å². The number of nitrogens with one attached hydrogen (secondary N) is 1. The molecule has 0 saturated carbocycles. The van der Waals surface area contributed by atoms with Crippen molar-refractivity contribution in [2.75, 3.05) is 13.7 Å². The Labute approximate surface area is 145 Å². The van der Waals surface area contributed by atoms with Crippen molar-refractivity contribution in [3.63, 3.8) is 0 Å². The highest BCUT2D eigenvalue weighted by atomic mass is 19.1. The summed E-state index contributed by atoms with van der Waals surface area (Å²) in [5.74, 6) is 1.34. The summed E-state index contributed by atoms with van der Waals surface area (Å²) in [7, 11) is 3.58. The van der Waals surface area contributed by atoms with Crippen LogP contribution in [0.1, 0.15) is 28.8 Å². The number of hydrogen-bond acceptors (Lipinski definition) is 4. The molecule has 0 amide bonds. The van der Waals surface area contributed by atoms with Crippen molar-refractivity contribution in [3.05, 3.63) is 65.5 Å². The summed E-state index contributed by atoms with van der Waals surface area (Å²) < 4.78 is 21.5. The van der Waals surface area contributed by atoms with Crippen LogP contribution in [0.4, 0.5) is 4.39 Å². The molecule has 0 saturated heterocycles. The van der Waals surface area contributed by atoms with Gasteiger partial charge in [-0.15, -0.1) is 0 Å². The van der Waals surface area contributed by atoms with Gasteiger partial charge in [-0.05, 0) is 18.2 Å². The minimum atomic E-state index is -0.282. The molecule has 6 nitrogen and oxygen atoms in total. The topological polar surface area (TPSA) is 59.0 Å². The van der Waals surface area contributed by atoms with Crippen molar-refractivity contribution in [1.82, 2.24) is 24.4 Å². The minimum Gasteiger partial charge on any atom is -0.496 e. The molecule has 1 N–H and O–H groups in total. The molecular formula is C18H20FN5O. The van der Waals surface area contributed by atoms with Crippen LogP contribution in [0.2, 0.25) is 0 Å². The van der Waals surface area contributed by atoms with E-state index in [1.165, 1.54) is 6.07 Å². The van der Waals surface area contributed by atoms with Crippen LogP contribution >= 0.6 is 0 Å². The number of aromatic amines is 1. The molecule has 3 heterocycles. The number of benzene rings is 1. The third-order valence-corrected chi connectivity index (χ3v) is 4.78. The molecule has 1 aromatic carbocycles. The standard InChI is InChI=1S/C18H20FN5O/c1-23-8-6-20-16(23)10-24-7-5-14-17(22-11-21-14)18(24)13-9-12(19)3-4-15(13)25-2/h3-4,6,8-9,11,18H,5,7,10H2,1-2H3,(H,21,22)/t18-/m1/s1. The lowest BCUT2D eigenvalue weighted by Crippen LogP contribution is -2.36. The molecule has 0 bridgehead atoms. The summed E-state index contributed by atoms with van der Waals surface area (Å²) in [5.41, 5.74) is 2.79. The van der Waals surface area contributed by atoms with Gasteiger partial charge in [-0.2, -0.15) is 0 Å². The number of H-pyrrole nitrogens is 1. The van der Waals surface area contributed by atoms with Gasteiger partial charge in [0.1, 0.15) is 17.4 Å². The molecule has 0 fully saturated rings. The number of ether oxygens (including phenoxy) is 1. The summed E-state index contributed by atoms with van der Waals surface area (Å²) in [6.07, 6.45) is 6.29. The first-order valence-electron chi connectivity index (χ1n) is 8.23. The van der Waals surface area contributed by atoms with Crippen molar-refractivity contribution >= 4 is 0 Å². The molecule has 0 radical (unpaired) electrons. The number of imidazole rings is 2. The first kappa shape index (κ1) is 15.8. The Balaban J connectivity index is 1.80. The Bertz CT molecular complexity index is 887. The lowest BCUT2D eigenvalue weighted by Gasteiger charge is -2.35. The molecule has 25 heavy (non-hydrogen) atoms. The van der Waals surface area contributed by atoms with E-state index in [1.807, 2.05) is 17.8 Å². The zero-order chi connectivity index (χ0) is 17.4. The largest absolute Gasteiger partial charge is 0.496 e. The number of methoxy groups -OCH3 is 1. The number of aromatic nitrogens is 4. The first-order chi connectivity index (χ1) is 12.2. The van der Waals surface area contributed by atoms with Crippen LogP contribution in [0.3, 0.4) is 0 Å². The van der Waals surface area contributed by atoms with Crippen molar-refractivity contribution in [2.45, 2.75) is 19.0 Å². The van der Waals surface area contributed by atoms with Gasteiger partial charge >= 0.3 is 0 Å². The predicted octanol–water partition coefficient (Wildman–Crippen LogP) is 2.44. The van der Waals surface area contributed by atoms with Gasteiger partial charge in [-0.1, -0.05) is 0 Å². The van der Waals surface area contributed by atoms with Crippen LogP contribution < -0.4 is 4.74 Å². The highest BCUT2D eigenvalue weighted by Gasteiger charge is 2.33. The van der Waals surface area contributed by atoms with Gasteiger partial charge in [-0.25, -0.2) is 14.4 Å². The van der Waals surface area contributed by atoms with E-state index >= 15 is 0 Å². The highest BCUT2D eigenvalue weighted by Crippen LogP contribution is 2.38. The van der Waals surface area contributed by atoms with Gasteiger partial charge in [0, 0.05) is 43.7 Å². The van der Waals surface area contributed by atoms with Gasteiger partial charge in [-0.3, -0.25) is 4.90 Å². The van der Waals surface area contributed by atoms with E-state index in [0.717, 1.165) is 35.7 Å². The molecule has 130 valence electrons. The number of fused-ring (bicyclic) bond motifs is 1. The Morgan fingerprint density at radius 2 is 2.24 bits per heavy atom. The Hall–Kier alpha value is -2.67. The molecule has 0 unspecified atom stereocenters. The average Bonchev–Trinajstić information content (AvgIpc) is 3.24. The highest BCUT2D eigenvalue weighted by molar-refractivity contribution is 5.42. The molecule has 7 heteroatoms.